The Kier molecular flexibility index (Phi) is 9.31. The highest BCUT2D eigenvalue weighted by Gasteiger charge is 2.17. The molecule has 1 saturated heterocycles. The summed E-state index contributed by atoms with van der Waals surface area (Å²) in [4.78, 5) is 30.2. The number of carbonyl (C=O) groups excluding carboxylic acids is 2. The molecular weight excluding hydrogens is 510 g/mol. The lowest BCUT2D eigenvalue weighted by atomic mass is 10.1. The fourth-order valence-corrected chi connectivity index (χ4v) is 4.85. The average molecular weight is 546 g/mol. The average Bonchev–Trinajstić information content (AvgIpc) is 3.02. The van der Waals surface area contributed by atoms with E-state index in [-0.39, 0.29) is 11.8 Å². The van der Waals surface area contributed by atoms with Crippen LogP contribution in [0.3, 0.4) is 0 Å². The number of nitrogens with zero attached hydrogens (tertiary/aromatic N) is 3. The number of hydrazone groups is 1. The van der Waals surface area contributed by atoms with Crippen LogP contribution < -0.4 is 10.7 Å². The lowest BCUT2D eigenvalue weighted by Gasteiger charge is -2.34. The SMILES string of the molecule is C/C(=N/NC(=O)c1ccc(CN2CCN(Cc3ccccc3)CC2)cc1)c1cccc(NC(=O)c2ccccc2)c1. The van der Waals surface area contributed by atoms with E-state index in [1.807, 2.05) is 73.7 Å². The second-order valence-corrected chi connectivity index (χ2v) is 10.3. The van der Waals surface area contributed by atoms with Gasteiger partial charge in [0, 0.05) is 56.1 Å². The quantitative estimate of drug-likeness (QED) is 0.218. The molecule has 0 saturated carbocycles. The van der Waals surface area contributed by atoms with Crippen LogP contribution in [-0.2, 0) is 13.1 Å². The monoisotopic (exact) mass is 545 g/mol. The van der Waals surface area contributed by atoms with Gasteiger partial charge in [-0.15, -0.1) is 0 Å². The van der Waals surface area contributed by atoms with E-state index < -0.39 is 0 Å². The molecular formula is C34H35N5O2. The van der Waals surface area contributed by atoms with Gasteiger partial charge in [-0.2, -0.15) is 5.10 Å². The minimum absolute atomic E-state index is 0.181. The molecule has 2 amide bonds. The van der Waals surface area contributed by atoms with Gasteiger partial charge in [-0.05, 0) is 60.0 Å². The highest BCUT2D eigenvalue weighted by Crippen LogP contribution is 2.15. The summed E-state index contributed by atoms with van der Waals surface area (Å²) in [5.74, 6) is -0.446. The molecule has 0 spiro atoms. The van der Waals surface area contributed by atoms with Crippen molar-refractivity contribution in [1.82, 2.24) is 15.2 Å². The Labute approximate surface area is 241 Å². The molecule has 7 nitrogen and oxygen atoms in total. The molecule has 0 bridgehead atoms. The number of piperazine rings is 1. The third kappa shape index (κ3) is 7.97. The lowest BCUT2D eigenvalue weighted by molar-refractivity contribution is 0.0954. The van der Waals surface area contributed by atoms with Crippen LogP contribution in [0.15, 0.2) is 114 Å². The van der Waals surface area contributed by atoms with Gasteiger partial charge >= 0.3 is 0 Å². The first-order valence-corrected chi connectivity index (χ1v) is 13.9. The van der Waals surface area contributed by atoms with Gasteiger partial charge in [0.25, 0.3) is 11.8 Å². The number of rotatable bonds is 9. The number of amides is 2. The van der Waals surface area contributed by atoms with Crippen molar-refractivity contribution in [2.75, 3.05) is 31.5 Å². The molecule has 1 fully saturated rings. The van der Waals surface area contributed by atoms with Gasteiger partial charge in [0.05, 0.1) is 5.71 Å². The molecule has 0 radical (unpaired) electrons. The van der Waals surface area contributed by atoms with Gasteiger partial charge in [-0.3, -0.25) is 19.4 Å². The molecule has 4 aromatic carbocycles. The molecule has 0 atom stereocenters. The van der Waals surface area contributed by atoms with Crippen molar-refractivity contribution in [3.63, 3.8) is 0 Å². The lowest BCUT2D eigenvalue weighted by Crippen LogP contribution is -2.45. The molecule has 0 aromatic heterocycles. The summed E-state index contributed by atoms with van der Waals surface area (Å²) < 4.78 is 0. The summed E-state index contributed by atoms with van der Waals surface area (Å²) in [7, 11) is 0. The summed E-state index contributed by atoms with van der Waals surface area (Å²) in [6.07, 6.45) is 0. The Bertz CT molecular complexity index is 1480. The van der Waals surface area contributed by atoms with Crippen molar-refractivity contribution in [2.24, 2.45) is 5.10 Å². The predicted molar refractivity (Wildman–Crippen MR) is 164 cm³/mol. The highest BCUT2D eigenvalue weighted by atomic mass is 16.2. The predicted octanol–water partition coefficient (Wildman–Crippen LogP) is 5.41. The van der Waals surface area contributed by atoms with Crippen molar-refractivity contribution in [1.29, 1.82) is 0 Å². The van der Waals surface area contributed by atoms with Crippen molar-refractivity contribution in [3.8, 4) is 0 Å². The zero-order valence-corrected chi connectivity index (χ0v) is 23.3. The van der Waals surface area contributed by atoms with E-state index in [0.717, 1.165) is 44.8 Å². The number of hydrogen-bond acceptors (Lipinski definition) is 5. The maximum atomic E-state index is 12.7. The standard InChI is InChI=1S/C34H35N5O2/c1-26(31-13-8-14-32(23-31)35-33(40)29-11-6-3-7-12-29)36-37-34(41)30-17-15-28(16-18-30)25-39-21-19-38(20-22-39)24-27-9-4-2-5-10-27/h2-18,23H,19-22,24-25H2,1H3,(H,35,40)(H,37,41)/b36-26-. The molecule has 0 unspecified atom stereocenters. The van der Waals surface area contributed by atoms with Crippen LogP contribution in [0.2, 0.25) is 0 Å². The van der Waals surface area contributed by atoms with Gasteiger partial charge in [-0.25, -0.2) is 5.43 Å². The van der Waals surface area contributed by atoms with Gasteiger partial charge < -0.3 is 5.32 Å². The Morgan fingerprint density at radius 2 is 1.17 bits per heavy atom. The van der Waals surface area contributed by atoms with E-state index in [0.29, 0.717) is 22.5 Å². The largest absolute Gasteiger partial charge is 0.322 e. The van der Waals surface area contributed by atoms with E-state index >= 15 is 0 Å². The number of nitrogens with one attached hydrogen (secondary N) is 2. The van der Waals surface area contributed by atoms with E-state index in [1.165, 1.54) is 11.1 Å². The summed E-state index contributed by atoms with van der Waals surface area (Å²) in [5.41, 5.74) is 8.44. The van der Waals surface area contributed by atoms with Crippen LogP contribution in [0.5, 0.6) is 0 Å². The van der Waals surface area contributed by atoms with Crippen LogP contribution >= 0.6 is 0 Å². The molecule has 5 rings (SSSR count). The van der Waals surface area contributed by atoms with Crippen molar-refractivity contribution >= 4 is 23.2 Å². The molecule has 0 aliphatic carbocycles. The molecule has 4 aromatic rings. The van der Waals surface area contributed by atoms with Gasteiger partial charge in [0.2, 0.25) is 0 Å². The highest BCUT2D eigenvalue weighted by molar-refractivity contribution is 6.06. The summed E-state index contributed by atoms with van der Waals surface area (Å²) in [6, 6.07) is 34.8. The first-order valence-electron chi connectivity index (χ1n) is 13.9. The molecule has 1 heterocycles. The van der Waals surface area contributed by atoms with Crippen LogP contribution in [0.25, 0.3) is 0 Å². The van der Waals surface area contributed by atoms with Crippen molar-refractivity contribution in [3.05, 3.63) is 137 Å². The van der Waals surface area contributed by atoms with Gasteiger partial charge in [0.1, 0.15) is 0 Å². The van der Waals surface area contributed by atoms with Crippen LogP contribution in [0.4, 0.5) is 5.69 Å². The van der Waals surface area contributed by atoms with Crippen LogP contribution in [-0.4, -0.2) is 53.5 Å². The zero-order valence-electron chi connectivity index (χ0n) is 23.3. The summed E-state index contributed by atoms with van der Waals surface area (Å²) in [5, 5.41) is 7.20. The second-order valence-electron chi connectivity index (χ2n) is 10.3. The fourth-order valence-electron chi connectivity index (χ4n) is 4.85. The fraction of sp³-hybridized carbons (Fsp3) is 0.206. The Hall–Kier alpha value is -4.59. The number of carbonyl (C=O) groups is 2. The van der Waals surface area contributed by atoms with Gasteiger partial charge in [-0.1, -0.05) is 72.8 Å². The molecule has 208 valence electrons. The summed E-state index contributed by atoms with van der Waals surface area (Å²) >= 11 is 0. The first kappa shape index (κ1) is 28.0. The normalized spacial score (nSPS) is 14.4. The first-order chi connectivity index (χ1) is 20.0. The number of benzene rings is 4. The van der Waals surface area contributed by atoms with E-state index in [4.69, 9.17) is 0 Å². The minimum atomic E-state index is -0.265. The van der Waals surface area contributed by atoms with Crippen molar-refractivity contribution in [2.45, 2.75) is 20.0 Å². The zero-order chi connectivity index (χ0) is 28.4. The molecule has 7 heteroatoms. The Morgan fingerprint density at radius 1 is 0.634 bits per heavy atom. The van der Waals surface area contributed by atoms with E-state index in [9.17, 15) is 9.59 Å². The molecule has 1 aliphatic heterocycles. The van der Waals surface area contributed by atoms with E-state index in [2.05, 4.69) is 56.0 Å². The smallest absolute Gasteiger partial charge is 0.271 e. The Morgan fingerprint density at radius 3 is 1.80 bits per heavy atom. The van der Waals surface area contributed by atoms with Crippen LogP contribution in [0.1, 0.15) is 44.3 Å². The molecule has 41 heavy (non-hydrogen) atoms. The number of anilines is 1. The molecule has 2 N–H and O–H groups in total. The minimum Gasteiger partial charge on any atom is -0.322 e. The third-order valence-electron chi connectivity index (χ3n) is 7.24. The van der Waals surface area contributed by atoms with Crippen LogP contribution in [0, 0.1) is 0 Å². The van der Waals surface area contributed by atoms with E-state index in [1.54, 1.807) is 12.1 Å². The topological polar surface area (TPSA) is 77.0 Å². The maximum absolute atomic E-state index is 12.7. The third-order valence-corrected chi connectivity index (χ3v) is 7.24. The summed E-state index contributed by atoms with van der Waals surface area (Å²) in [6.45, 7) is 7.85. The Balaban J connectivity index is 1.10. The second kappa shape index (κ2) is 13.7. The number of hydrogen-bond donors (Lipinski definition) is 2. The van der Waals surface area contributed by atoms with Crippen molar-refractivity contribution < 1.29 is 9.59 Å². The maximum Gasteiger partial charge on any atom is 0.271 e. The van der Waals surface area contributed by atoms with Gasteiger partial charge in [0.15, 0.2) is 0 Å². The molecule has 1 aliphatic rings.